The quantitative estimate of drug-likeness (QED) is 0.839. The van der Waals surface area contributed by atoms with Crippen molar-refractivity contribution in [3.63, 3.8) is 0 Å². The number of nitrogen functional groups attached to an aromatic ring is 1. The fourth-order valence-electron chi connectivity index (χ4n) is 2.82. The third-order valence-electron chi connectivity index (χ3n) is 3.98. The van der Waals surface area contributed by atoms with E-state index >= 15 is 0 Å². The van der Waals surface area contributed by atoms with Crippen LogP contribution < -0.4 is 10.5 Å². The van der Waals surface area contributed by atoms with E-state index in [-0.39, 0.29) is 22.2 Å². The van der Waals surface area contributed by atoms with E-state index < -0.39 is 15.8 Å². The highest BCUT2D eigenvalue weighted by atomic mass is 32.2. The van der Waals surface area contributed by atoms with Gasteiger partial charge in [-0.2, -0.15) is 0 Å². The molecule has 0 bridgehead atoms. The van der Waals surface area contributed by atoms with Crippen LogP contribution in [0.2, 0.25) is 0 Å². The number of aryl methyl sites for hydroxylation is 1. The minimum absolute atomic E-state index is 0.191. The lowest BCUT2D eigenvalue weighted by Crippen LogP contribution is -2.37. The zero-order valence-electron chi connectivity index (χ0n) is 11.8. The Hall–Kier alpha value is -1.14. The second-order valence-electron chi connectivity index (χ2n) is 5.60. The van der Waals surface area contributed by atoms with Gasteiger partial charge in [-0.05, 0) is 50.3 Å². The van der Waals surface area contributed by atoms with Gasteiger partial charge < -0.3 is 5.73 Å². The van der Waals surface area contributed by atoms with Crippen molar-refractivity contribution in [3.05, 3.63) is 23.5 Å². The van der Waals surface area contributed by atoms with Gasteiger partial charge in [0.2, 0.25) is 10.0 Å². The van der Waals surface area contributed by atoms with Gasteiger partial charge in [-0.25, -0.2) is 17.5 Å². The zero-order valence-corrected chi connectivity index (χ0v) is 12.6. The molecule has 0 aromatic heterocycles. The van der Waals surface area contributed by atoms with Crippen molar-refractivity contribution in [2.45, 2.75) is 50.5 Å². The summed E-state index contributed by atoms with van der Waals surface area (Å²) in [6, 6.07) is 2.41. The first-order chi connectivity index (χ1) is 9.31. The molecule has 1 fully saturated rings. The minimum Gasteiger partial charge on any atom is -0.399 e. The molecule has 112 valence electrons. The normalized spacial score (nSPS) is 18.4. The molecule has 4 nitrogen and oxygen atoms in total. The molecule has 1 aromatic rings. The zero-order chi connectivity index (χ0) is 14.9. The lowest BCUT2D eigenvalue weighted by atomic mass is 10.0. The molecule has 1 aliphatic rings. The van der Waals surface area contributed by atoms with E-state index in [0.29, 0.717) is 5.92 Å². The molecule has 1 aromatic carbocycles. The summed E-state index contributed by atoms with van der Waals surface area (Å²) in [5.41, 5.74) is 6.10. The highest BCUT2D eigenvalue weighted by Gasteiger charge is 2.28. The maximum Gasteiger partial charge on any atom is 0.243 e. The summed E-state index contributed by atoms with van der Waals surface area (Å²) in [5.74, 6) is -0.402. The van der Waals surface area contributed by atoms with Crippen LogP contribution in [0.3, 0.4) is 0 Å². The SMILES string of the molecule is Cc1cc(N)cc(S(=O)(=O)NC(C)C2CCCC2)c1F. The summed E-state index contributed by atoms with van der Waals surface area (Å²) in [4.78, 5) is -0.361. The Morgan fingerprint density at radius 3 is 2.55 bits per heavy atom. The molecule has 0 heterocycles. The predicted molar refractivity (Wildman–Crippen MR) is 77.3 cm³/mol. The van der Waals surface area contributed by atoms with Gasteiger partial charge in [-0.3, -0.25) is 0 Å². The Labute approximate surface area is 119 Å². The Morgan fingerprint density at radius 1 is 1.35 bits per heavy atom. The van der Waals surface area contributed by atoms with Crippen LogP contribution in [0.1, 0.15) is 38.2 Å². The molecule has 1 atom stereocenters. The Morgan fingerprint density at radius 2 is 1.95 bits per heavy atom. The van der Waals surface area contributed by atoms with E-state index in [2.05, 4.69) is 4.72 Å². The van der Waals surface area contributed by atoms with E-state index in [1.165, 1.54) is 19.1 Å². The maximum absolute atomic E-state index is 14.0. The molecule has 20 heavy (non-hydrogen) atoms. The monoisotopic (exact) mass is 300 g/mol. The molecule has 3 N–H and O–H groups in total. The van der Waals surface area contributed by atoms with Crippen LogP contribution in [0.4, 0.5) is 10.1 Å². The van der Waals surface area contributed by atoms with Gasteiger partial charge in [-0.1, -0.05) is 12.8 Å². The van der Waals surface area contributed by atoms with Crippen LogP contribution in [0.5, 0.6) is 0 Å². The molecule has 0 aliphatic heterocycles. The van der Waals surface area contributed by atoms with Crippen LogP contribution >= 0.6 is 0 Å². The fourth-order valence-corrected chi connectivity index (χ4v) is 4.32. The van der Waals surface area contributed by atoms with Crippen LogP contribution in [-0.2, 0) is 10.0 Å². The predicted octanol–water partition coefficient (Wildman–Crippen LogP) is 2.57. The van der Waals surface area contributed by atoms with Crippen molar-refractivity contribution in [1.29, 1.82) is 0 Å². The third kappa shape index (κ3) is 3.12. The third-order valence-corrected chi connectivity index (χ3v) is 5.54. The molecule has 0 saturated heterocycles. The number of sulfonamides is 1. The van der Waals surface area contributed by atoms with E-state index in [1.54, 1.807) is 0 Å². The number of anilines is 1. The van der Waals surface area contributed by atoms with E-state index in [0.717, 1.165) is 25.7 Å². The minimum atomic E-state index is -3.88. The summed E-state index contributed by atoms with van der Waals surface area (Å²) in [6.07, 6.45) is 4.29. The topological polar surface area (TPSA) is 72.2 Å². The van der Waals surface area contributed by atoms with E-state index in [9.17, 15) is 12.8 Å². The number of hydrogen-bond acceptors (Lipinski definition) is 3. The average Bonchev–Trinajstić information content (AvgIpc) is 2.86. The van der Waals surface area contributed by atoms with E-state index in [1.807, 2.05) is 6.92 Å². The smallest absolute Gasteiger partial charge is 0.243 e. The first kappa shape index (κ1) is 15.3. The standard InChI is InChI=1S/C14H21FN2O2S/c1-9-7-12(16)8-13(14(9)15)20(18,19)17-10(2)11-5-3-4-6-11/h7-8,10-11,17H,3-6,16H2,1-2H3. The van der Waals surface area contributed by atoms with Gasteiger partial charge in [0.05, 0.1) is 0 Å². The molecule has 1 aliphatic carbocycles. The first-order valence-corrected chi connectivity index (χ1v) is 8.37. The van der Waals surface area contributed by atoms with Crippen molar-refractivity contribution < 1.29 is 12.8 Å². The fraction of sp³-hybridized carbons (Fsp3) is 0.571. The second kappa shape index (κ2) is 5.69. The summed E-state index contributed by atoms with van der Waals surface area (Å²) in [6.45, 7) is 3.34. The molecule has 0 amide bonds. The van der Waals surface area contributed by atoms with Crippen LogP contribution in [-0.4, -0.2) is 14.5 Å². The Kier molecular flexibility index (Phi) is 4.34. The number of nitrogens with one attached hydrogen (secondary N) is 1. The number of rotatable bonds is 4. The van der Waals surface area contributed by atoms with Crippen LogP contribution in [0.15, 0.2) is 17.0 Å². The Balaban J connectivity index is 2.26. The maximum atomic E-state index is 14.0. The highest BCUT2D eigenvalue weighted by molar-refractivity contribution is 7.89. The molecule has 1 unspecified atom stereocenters. The number of nitrogens with two attached hydrogens (primary N) is 1. The summed E-state index contributed by atoms with van der Waals surface area (Å²) < 4.78 is 41.3. The average molecular weight is 300 g/mol. The van der Waals surface area contributed by atoms with Crippen LogP contribution in [0, 0.1) is 18.7 Å². The van der Waals surface area contributed by atoms with Crippen molar-refractivity contribution in [2.24, 2.45) is 5.92 Å². The molecule has 2 rings (SSSR count). The van der Waals surface area contributed by atoms with Crippen molar-refractivity contribution in [1.82, 2.24) is 4.72 Å². The van der Waals surface area contributed by atoms with Gasteiger partial charge >= 0.3 is 0 Å². The lowest BCUT2D eigenvalue weighted by Gasteiger charge is -2.20. The van der Waals surface area contributed by atoms with Crippen LogP contribution in [0.25, 0.3) is 0 Å². The number of halogens is 1. The molecule has 0 spiro atoms. The number of hydrogen-bond donors (Lipinski definition) is 2. The summed E-state index contributed by atoms with van der Waals surface area (Å²) >= 11 is 0. The molecular weight excluding hydrogens is 279 g/mol. The summed E-state index contributed by atoms with van der Waals surface area (Å²) in [7, 11) is -3.88. The largest absolute Gasteiger partial charge is 0.399 e. The molecule has 1 saturated carbocycles. The van der Waals surface area contributed by atoms with Crippen molar-refractivity contribution >= 4 is 15.7 Å². The molecule has 6 heteroatoms. The van der Waals surface area contributed by atoms with Gasteiger partial charge in [0, 0.05) is 11.7 Å². The van der Waals surface area contributed by atoms with E-state index in [4.69, 9.17) is 5.73 Å². The van der Waals surface area contributed by atoms with Gasteiger partial charge in [0.1, 0.15) is 10.7 Å². The van der Waals surface area contributed by atoms with Gasteiger partial charge in [0.25, 0.3) is 0 Å². The highest BCUT2D eigenvalue weighted by Crippen LogP contribution is 2.29. The van der Waals surface area contributed by atoms with Gasteiger partial charge in [0.15, 0.2) is 0 Å². The first-order valence-electron chi connectivity index (χ1n) is 6.89. The summed E-state index contributed by atoms with van der Waals surface area (Å²) in [5, 5.41) is 0. The Bertz CT molecular complexity index is 595. The van der Waals surface area contributed by atoms with Gasteiger partial charge in [-0.15, -0.1) is 0 Å². The molecule has 0 radical (unpaired) electrons. The van der Waals surface area contributed by atoms with Crippen molar-refractivity contribution in [3.8, 4) is 0 Å². The van der Waals surface area contributed by atoms with Crippen molar-refractivity contribution in [2.75, 3.05) is 5.73 Å². The lowest BCUT2D eigenvalue weighted by molar-refractivity contribution is 0.422. The molecular formula is C14H21FN2O2S. The number of benzene rings is 1. The second-order valence-corrected chi connectivity index (χ2v) is 7.29.